The number of carbonyl (C=O) groups excluding carboxylic acids is 1. The molecule has 0 saturated heterocycles. The molecule has 0 bridgehead atoms. The van der Waals surface area contributed by atoms with E-state index >= 15 is 0 Å². The maximum Gasteiger partial charge on any atom is 0.227 e. The van der Waals surface area contributed by atoms with E-state index in [1.54, 1.807) is 7.11 Å². The van der Waals surface area contributed by atoms with Gasteiger partial charge in [-0.3, -0.25) is 4.79 Å². The number of methoxy groups -OCH3 is 1. The number of hydrogen-bond donors (Lipinski definition) is 1. The summed E-state index contributed by atoms with van der Waals surface area (Å²) in [7, 11) is 1.65. The van der Waals surface area contributed by atoms with Crippen LogP contribution in [0.1, 0.15) is 27.2 Å². The van der Waals surface area contributed by atoms with Gasteiger partial charge >= 0.3 is 0 Å². The van der Waals surface area contributed by atoms with Crippen LogP contribution >= 0.6 is 11.6 Å². The fourth-order valence-corrected chi connectivity index (χ4v) is 0.968. The number of amides is 1. The molecule has 3 nitrogen and oxygen atoms in total. The molecule has 14 heavy (non-hydrogen) atoms. The second-order valence-electron chi connectivity index (χ2n) is 4.17. The molecule has 0 aromatic heterocycles. The molecule has 4 heteroatoms. The normalized spacial score (nSPS) is 13.8. The first-order valence-electron chi connectivity index (χ1n) is 4.80. The van der Waals surface area contributed by atoms with E-state index in [2.05, 4.69) is 5.32 Å². The van der Waals surface area contributed by atoms with Gasteiger partial charge in [-0.1, -0.05) is 0 Å². The first-order chi connectivity index (χ1) is 6.44. The second-order valence-corrected chi connectivity index (χ2v) is 4.44. The van der Waals surface area contributed by atoms with Crippen molar-refractivity contribution in [1.82, 2.24) is 5.32 Å². The minimum absolute atomic E-state index is 0.00361. The first-order valence-corrected chi connectivity index (χ1v) is 5.33. The average Bonchev–Trinajstić information content (AvgIpc) is 2.14. The molecular weight excluding hydrogens is 202 g/mol. The van der Waals surface area contributed by atoms with Gasteiger partial charge in [0.1, 0.15) is 0 Å². The van der Waals surface area contributed by atoms with E-state index in [-0.39, 0.29) is 11.9 Å². The molecule has 1 atom stereocenters. The number of ether oxygens (including phenoxy) is 1. The van der Waals surface area contributed by atoms with E-state index in [0.29, 0.717) is 12.5 Å². The highest BCUT2D eigenvalue weighted by atomic mass is 35.5. The molecule has 0 aliphatic rings. The van der Waals surface area contributed by atoms with Crippen molar-refractivity contribution < 1.29 is 9.53 Å². The van der Waals surface area contributed by atoms with Gasteiger partial charge in [-0.2, -0.15) is 0 Å². The quantitative estimate of drug-likeness (QED) is 0.695. The molecule has 0 saturated carbocycles. The highest BCUT2D eigenvalue weighted by Gasteiger charge is 2.27. The van der Waals surface area contributed by atoms with Crippen LogP contribution in [0.2, 0.25) is 0 Å². The van der Waals surface area contributed by atoms with Gasteiger partial charge in [0.15, 0.2) is 0 Å². The Morgan fingerprint density at radius 1 is 1.57 bits per heavy atom. The SMILES string of the molecule is COCCC(C)NC(=O)C(C)(C)CCl. The number of rotatable bonds is 6. The van der Waals surface area contributed by atoms with Crippen LogP contribution in [-0.4, -0.2) is 31.5 Å². The summed E-state index contributed by atoms with van der Waals surface area (Å²) < 4.78 is 4.93. The molecule has 1 unspecified atom stereocenters. The lowest BCUT2D eigenvalue weighted by Gasteiger charge is -2.23. The van der Waals surface area contributed by atoms with Crippen molar-refractivity contribution in [3.8, 4) is 0 Å². The van der Waals surface area contributed by atoms with Crippen molar-refractivity contribution in [2.45, 2.75) is 33.2 Å². The van der Waals surface area contributed by atoms with Crippen LogP contribution in [0.15, 0.2) is 0 Å². The highest BCUT2D eigenvalue weighted by molar-refractivity contribution is 6.19. The summed E-state index contributed by atoms with van der Waals surface area (Å²) in [5, 5.41) is 2.90. The van der Waals surface area contributed by atoms with Gasteiger partial charge < -0.3 is 10.1 Å². The van der Waals surface area contributed by atoms with E-state index in [1.165, 1.54) is 0 Å². The van der Waals surface area contributed by atoms with Crippen molar-refractivity contribution in [3.05, 3.63) is 0 Å². The molecule has 1 N–H and O–H groups in total. The fraction of sp³-hybridized carbons (Fsp3) is 0.900. The predicted molar refractivity (Wildman–Crippen MR) is 58.6 cm³/mol. The summed E-state index contributed by atoms with van der Waals surface area (Å²) in [6.45, 7) is 6.28. The number of hydrogen-bond acceptors (Lipinski definition) is 2. The molecule has 0 aliphatic carbocycles. The third kappa shape index (κ3) is 4.82. The Bertz CT molecular complexity index is 183. The second kappa shape index (κ2) is 6.25. The van der Waals surface area contributed by atoms with Gasteiger partial charge in [-0.05, 0) is 27.2 Å². The third-order valence-electron chi connectivity index (χ3n) is 2.08. The molecule has 0 fully saturated rings. The van der Waals surface area contributed by atoms with Crippen LogP contribution in [0.5, 0.6) is 0 Å². The Labute approximate surface area is 91.2 Å². The molecule has 0 radical (unpaired) electrons. The van der Waals surface area contributed by atoms with Crippen LogP contribution in [0, 0.1) is 5.41 Å². The molecular formula is C10H20ClNO2. The van der Waals surface area contributed by atoms with E-state index in [9.17, 15) is 4.79 Å². The van der Waals surface area contributed by atoms with Gasteiger partial charge in [-0.25, -0.2) is 0 Å². The summed E-state index contributed by atoms with van der Waals surface area (Å²) in [5.41, 5.74) is -0.497. The minimum atomic E-state index is -0.497. The smallest absolute Gasteiger partial charge is 0.227 e. The van der Waals surface area contributed by atoms with Crippen molar-refractivity contribution >= 4 is 17.5 Å². The van der Waals surface area contributed by atoms with E-state index in [1.807, 2.05) is 20.8 Å². The molecule has 0 aliphatic heterocycles. The number of carbonyl (C=O) groups is 1. The maximum absolute atomic E-state index is 11.6. The lowest BCUT2D eigenvalue weighted by molar-refractivity contribution is -0.129. The van der Waals surface area contributed by atoms with Crippen LogP contribution in [-0.2, 0) is 9.53 Å². The molecule has 1 amide bonds. The first kappa shape index (κ1) is 13.7. The third-order valence-corrected chi connectivity index (χ3v) is 2.75. The van der Waals surface area contributed by atoms with Crippen molar-refractivity contribution in [2.24, 2.45) is 5.41 Å². The molecule has 0 aromatic carbocycles. The summed E-state index contributed by atoms with van der Waals surface area (Å²) in [6, 6.07) is 0.130. The van der Waals surface area contributed by atoms with Gasteiger partial charge in [0.05, 0.1) is 5.41 Å². The molecule has 0 rings (SSSR count). The van der Waals surface area contributed by atoms with Crippen LogP contribution in [0.3, 0.4) is 0 Å². The topological polar surface area (TPSA) is 38.3 Å². The predicted octanol–water partition coefficient (Wildman–Crippen LogP) is 1.79. The fourth-order valence-electron chi connectivity index (χ4n) is 0.847. The van der Waals surface area contributed by atoms with Gasteiger partial charge in [0.25, 0.3) is 0 Å². The number of halogens is 1. The summed E-state index contributed by atoms with van der Waals surface area (Å²) in [6.07, 6.45) is 0.820. The molecule has 0 aromatic rings. The molecule has 0 spiro atoms. The van der Waals surface area contributed by atoms with E-state index in [4.69, 9.17) is 16.3 Å². The van der Waals surface area contributed by atoms with Crippen molar-refractivity contribution in [2.75, 3.05) is 19.6 Å². The lowest BCUT2D eigenvalue weighted by atomic mass is 9.95. The number of alkyl halides is 1. The molecule has 84 valence electrons. The lowest BCUT2D eigenvalue weighted by Crippen LogP contribution is -2.43. The largest absolute Gasteiger partial charge is 0.385 e. The van der Waals surface area contributed by atoms with Gasteiger partial charge in [-0.15, -0.1) is 11.6 Å². The summed E-state index contributed by atoms with van der Waals surface area (Å²) in [4.78, 5) is 11.6. The molecule has 0 heterocycles. The Balaban J connectivity index is 3.93. The summed E-state index contributed by atoms with van der Waals surface area (Å²) in [5.74, 6) is 0.326. The van der Waals surface area contributed by atoms with E-state index < -0.39 is 5.41 Å². The zero-order chi connectivity index (χ0) is 11.2. The van der Waals surface area contributed by atoms with Crippen LogP contribution in [0.25, 0.3) is 0 Å². The zero-order valence-electron chi connectivity index (χ0n) is 9.39. The van der Waals surface area contributed by atoms with Gasteiger partial charge in [0.2, 0.25) is 5.91 Å². The Morgan fingerprint density at radius 2 is 2.14 bits per heavy atom. The van der Waals surface area contributed by atoms with Gasteiger partial charge in [0, 0.05) is 25.6 Å². The van der Waals surface area contributed by atoms with E-state index in [0.717, 1.165) is 6.42 Å². The van der Waals surface area contributed by atoms with Crippen LogP contribution < -0.4 is 5.32 Å². The van der Waals surface area contributed by atoms with Crippen molar-refractivity contribution in [1.29, 1.82) is 0 Å². The maximum atomic E-state index is 11.6. The Morgan fingerprint density at radius 3 is 2.57 bits per heavy atom. The standard InChI is InChI=1S/C10H20ClNO2/c1-8(5-6-14-4)12-9(13)10(2,3)7-11/h8H,5-7H2,1-4H3,(H,12,13). The van der Waals surface area contributed by atoms with Crippen LogP contribution in [0.4, 0.5) is 0 Å². The van der Waals surface area contributed by atoms with Crippen molar-refractivity contribution in [3.63, 3.8) is 0 Å². The Kier molecular flexibility index (Phi) is 6.12. The minimum Gasteiger partial charge on any atom is -0.385 e. The highest BCUT2D eigenvalue weighted by Crippen LogP contribution is 2.17. The Hall–Kier alpha value is -0.280. The number of nitrogens with one attached hydrogen (secondary N) is 1. The monoisotopic (exact) mass is 221 g/mol. The average molecular weight is 222 g/mol. The summed E-state index contributed by atoms with van der Waals surface area (Å²) >= 11 is 5.69. The zero-order valence-corrected chi connectivity index (χ0v) is 10.1.